The lowest BCUT2D eigenvalue weighted by Crippen LogP contribution is -2.63. The van der Waals surface area contributed by atoms with E-state index in [0.29, 0.717) is 18.8 Å². The molecule has 1 fully saturated rings. The monoisotopic (exact) mass is 291 g/mol. The summed E-state index contributed by atoms with van der Waals surface area (Å²) in [7, 11) is 0. The third-order valence-corrected chi connectivity index (χ3v) is 5.39. The van der Waals surface area contributed by atoms with Crippen LogP contribution in [0.25, 0.3) is 0 Å². The first kappa shape index (κ1) is 14.0. The summed E-state index contributed by atoms with van der Waals surface area (Å²) in [6.45, 7) is 2.95. The first-order valence-corrected chi connectivity index (χ1v) is 8.33. The largest absolute Gasteiger partial charge is 0.386 e. The lowest BCUT2D eigenvalue weighted by Gasteiger charge is -2.46. The van der Waals surface area contributed by atoms with Crippen molar-refractivity contribution in [2.45, 2.75) is 43.1 Å². The summed E-state index contributed by atoms with van der Waals surface area (Å²) < 4.78 is 0. The van der Waals surface area contributed by atoms with Crippen molar-refractivity contribution in [2.24, 2.45) is 0 Å². The molecule has 108 valence electrons. The van der Waals surface area contributed by atoms with E-state index < -0.39 is 5.60 Å². The Kier molecular flexibility index (Phi) is 3.78. The van der Waals surface area contributed by atoms with E-state index in [1.165, 1.54) is 35.3 Å². The molecular formula is C16H21NO2S. The highest BCUT2D eigenvalue weighted by Crippen LogP contribution is 2.29. The van der Waals surface area contributed by atoms with Crippen LogP contribution in [0.1, 0.15) is 30.9 Å². The summed E-state index contributed by atoms with van der Waals surface area (Å²) in [5.41, 5.74) is 2.29. The normalized spacial score (nSPS) is 19.6. The highest BCUT2D eigenvalue weighted by molar-refractivity contribution is 8.00. The van der Waals surface area contributed by atoms with Crippen molar-refractivity contribution in [1.82, 2.24) is 4.90 Å². The van der Waals surface area contributed by atoms with Crippen LogP contribution in [0.15, 0.2) is 23.1 Å². The predicted molar refractivity (Wildman–Crippen MR) is 81.0 cm³/mol. The third-order valence-electron chi connectivity index (χ3n) is 4.41. The van der Waals surface area contributed by atoms with Gasteiger partial charge in [0.2, 0.25) is 5.91 Å². The zero-order chi connectivity index (χ0) is 14.2. The molecular weight excluding hydrogens is 270 g/mol. The second kappa shape index (κ2) is 5.41. The Morgan fingerprint density at radius 3 is 2.85 bits per heavy atom. The van der Waals surface area contributed by atoms with E-state index in [0.717, 1.165) is 6.42 Å². The second-order valence-corrected chi connectivity index (χ2v) is 6.95. The molecule has 1 N–H and O–H groups in total. The molecule has 1 amide bonds. The van der Waals surface area contributed by atoms with Crippen molar-refractivity contribution >= 4 is 17.7 Å². The molecule has 0 bridgehead atoms. The average molecular weight is 291 g/mol. The number of aliphatic hydroxyl groups is 1. The molecule has 2 aliphatic rings. The maximum atomic E-state index is 12.0. The lowest BCUT2D eigenvalue weighted by atomic mass is 9.91. The van der Waals surface area contributed by atoms with E-state index in [1.54, 1.807) is 16.7 Å². The SMILES string of the molecule is CCC1(O)CN(C(=O)CSc2ccc3c(c2)CCC3)C1. The number of fused-ring (bicyclic) bond motifs is 1. The quantitative estimate of drug-likeness (QED) is 0.865. The Labute approximate surface area is 124 Å². The maximum absolute atomic E-state index is 12.0. The van der Waals surface area contributed by atoms with Crippen LogP contribution in [0.3, 0.4) is 0 Å². The number of benzene rings is 1. The number of β-amino-alcohol motifs (C(OH)–C–C–N with tert-alkyl or cyclic N) is 1. The van der Waals surface area contributed by atoms with Gasteiger partial charge in [-0.05, 0) is 48.9 Å². The zero-order valence-corrected chi connectivity index (χ0v) is 12.7. The topological polar surface area (TPSA) is 40.5 Å². The Balaban J connectivity index is 1.51. The first-order valence-electron chi connectivity index (χ1n) is 7.34. The van der Waals surface area contributed by atoms with Crippen LogP contribution in [0.2, 0.25) is 0 Å². The van der Waals surface area contributed by atoms with E-state index in [-0.39, 0.29) is 5.91 Å². The number of thioether (sulfide) groups is 1. The highest BCUT2D eigenvalue weighted by Gasteiger charge is 2.41. The Hall–Kier alpha value is -1.00. The molecule has 1 aliphatic heterocycles. The van der Waals surface area contributed by atoms with Gasteiger partial charge in [0.05, 0.1) is 24.4 Å². The molecule has 0 radical (unpaired) electrons. The molecule has 4 heteroatoms. The number of hydrogen-bond donors (Lipinski definition) is 1. The van der Waals surface area contributed by atoms with Gasteiger partial charge in [-0.15, -0.1) is 11.8 Å². The number of hydrogen-bond acceptors (Lipinski definition) is 3. The van der Waals surface area contributed by atoms with E-state index >= 15 is 0 Å². The van der Waals surface area contributed by atoms with Crippen molar-refractivity contribution in [3.8, 4) is 0 Å². The molecule has 1 aliphatic carbocycles. The maximum Gasteiger partial charge on any atom is 0.233 e. The van der Waals surface area contributed by atoms with Crippen molar-refractivity contribution in [1.29, 1.82) is 0 Å². The van der Waals surface area contributed by atoms with Gasteiger partial charge in [0, 0.05) is 4.90 Å². The van der Waals surface area contributed by atoms with Crippen molar-refractivity contribution in [3.63, 3.8) is 0 Å². The van der Waals surface area contributed by atoms with Crippen LogP contribution in [0.4, 0.5) is 0 Å². The Morgan fingerprint density at radius 1 is 1.35 bits per heavy atom. The van der Waals surface area contributed by atoms with E-state index in [2.05, 4.69) is 18.2 Å². The molecule has 3 nitrogen and oxygen atoms in total. The van der Waals surface area contributed by atoms with Gasteiger partial charge < -0.3 is 10.0 Å². The summed E-state index contributed by atoms with van der Waals surface area (Å²) in [6, 6.07) is 6.56. The minimum atomic E-state index is -0.631. The van der Waals surface area contributed by atoms with Gasteiger partial charge >= 0.3 is 0 Å². The van der Waals surface area contributed by atoms with Crippen LogP contribution in [-0.2, 0) is 17.6 Å². The number of amides is 1. The molecule has 0 spiro atoms. The standard InChI is InChI=1S/C16H21NO2S/c1-2-16(19)10-17(11-16)15(18)9-20-14-7-6-12-4-3-5-13(12)8-14/h6-8,19H,2-5,9-11H2,1H3. The average Bonchev–Trinajstić information content (AvgIpc) is 2.88. The van der Waals surface area contributed by atoms with Crippen LogP contribution >= 0.6 is 11.8 Å². The molecule has 20 heavy (non-hydrogen) atoms. The fraction of sp³-hybridized carbons (Fsp3) is 0.562. The summed E-state index contributed by atoms with van der Waals surface area (Å²) in [4.78, 5) is 15.0. The molecule has 0 unspecified atom stereocenters. The van der Waals surface area contributed by atoms with Crippen LogP contribution < -0.4 is 0 Å². The number of nitrogens with zero attached hydrogens (tertiary/aromatic N) is 1. The number of rotatable bonds is 4. The second-order valence-electron chi connectivity index (χ2n) is 5.90. The van der Waals surface area contributed by atoms with Crippen LogP contribution in [0, 0.1) is 0 Å². The third kappa shape index (κ3) is 2.72. The molecule has 0 aromatic heterocycles. The van der Waals surface area contributed by atoms with Gasteiger partial charge in [-0.2, -0.15) is 0 Å². The van der Waals surface area contributed by atoms with E-state index in [1.807, 2.05) is 6.92 Å². The number of aryl methyl sites for hydroxylation is 2. The number of carbonyl (C=O) groups is 1. The highest BCUT2D eigenvalue weighted by atomic mass is 32.2. The smallest absolute Gasteiger partial charge is 0.233 e. The van der Waals surface area contributed by atoms with Crippen molar-refractivity contribution < 1.29 is 9.90 Å². The summed E-state index contributed by atoms with van der Waals surface area (Å²) in [5, 5.41) is 9.93. The Bertz CT molecular complexity index is 523. The van der Waals surface area contributed by atoms with Gasteiger partial charge in [0.15, 0.2) is 0 Å². The van der Waals surface area contributed by atoms with E-state index in [4.69, 9.17) is 0 Å². The van der Waals surface area contributed by atoms with Crippen LogP contribution in [0.5, 0.6) is 0 Å². The lowest BCUT2D eigenvalue weighted by molar-refractivity contribution is -0.152. The minimum Gasteiger partial charge on any atom is -0.386 e. The fourth-order valence-corrected chi connectivity index (χ4v) is 3.80. The van der Waals surface area contributed by atoms with Gasteiger partial charge in [0.1, 0.15) is 0 Å². The summed E-state index contributed by atoms with van der Waals surface area (Å²) >= 11 is 1.61. The van der Waals surface area contributed by atoms with Crippen molar-refractivity contribution in [3.05, 3.63) is 29.3 Å². The molecule has 0 saturated carbocycles. The van der Waals surface area contributed by atoms with Crippen molar-refractivity contribution in [2.75, 3.05) is 18.8 Å². The molecule has 1 heterocycles. The molecule has 3 rings (SSSR count). The summed E-state index contributed by atoms with van der Waals surface area (Å²) in [6.07, 6.45) is 4.34. The minimum absolute atomic E-state index is 0.133. The zero-order valence-electron chi connectivity index (χ0n) is 11.9. The van der Waals surface area contributed by atoms with Crippen LogP contribution in [-0.4, -0.2) is 40.4 Å². The van der Waals surface area contributed by atoms with E-state index in [9.17, 15) is 9.90 Å². The number of carbonyl (C=O) groups excluding carboxylic acids is 1. The molecule has 1 aromatic carbocycles. The fourth-order valence-electron chi connectivity index (χ4n) is 2.94. The molecule has 1 saturated heterocycles. The number of likely N-dealkylation sites (tertiary alicyclic amines) is 1. The predicted octanol–water partition coefficient (Wildman–Crippen LogP) is 2.25. The Morgan fingerprint density at radius 2 is 2.10 bits per heavy atom. The first-order chi connectivity index (χ1) is 9.59. The van der Waals surface area contributed by atoms with Gasteiger partial charge in [-0.3, -0.25) is 4.79 Å². The summed E-state index contributed by atoms with van der Waals surface area (Å²) in [5.74, 6) is 0.604. The van der Waals surface area contributed by atoms with Gasteiger partial charge in [-0.1, -0.05) is 13.0 Å². The van der Waals surface area contributed by atoms with Gasteiger partial charge in [-0.25, -0.2) is 0 Å². The van der Waals surface area contributed by atoms with Gasteiger partial charge in [0.25, 0.3) is 0 Å². The molecule has 1 aromatic rings. The molecule has 0 atom stereocenters.